The number of anilines is 1. The zero-order valence-electron chi connectivity index (χ0n) is 14.6. The van der Waals surface area contributed by atoms with Crippen LogP contribution in [-0.4, -0.2) is 23.0 Å². The molecule has 5 rings (SSSR count). The second-order valence-corrected chi connectivity index (χ2v) is 7.88. The minimum Gasteiger partial charge on any atom is -0.497 e. The monoisotopic (exact) mass is 407 g/mol. The van der Waals surface area contributed by atoms with Gasteiger partial charge in [-0.15, -0.1) is 22.7 Å². The second-order valence-electron chi connectivity index (χ2n) is 5.99. The predicted octanol–water partition coefficient (Wildman–Crippen LogP) is 5.43. The zero-order chi connectivity index (χ0) is 19.1. The van der Waals surface area contributed by atoms with Crippen molar-refractivity contribution in [3.05, 3.63) is 58.9 Å². The summed E-state index contributed by atoms with van der Waals surface area (Å²) in [7, 11) is 1.63. The van der Waals surface area contributed by atoms with E-state index in [2.05, 4.69) is 15.3 Å². The van der Waals surface area contributed by atoms with E-state index in [0.717, 1.165) is 26.9 Å². The summed E-state index contributed by atoms with van der Waals surface area (Å²) in [5.74, 6) is 1.14. The summed E-state index contributed by atoms with van der Waals surface area (Å²) in [4.78, 5) is 21.4. The maximum absolute atomic E-state index is 12.5. The van der Waals surface area contributed by atoms with E-state index in [1.165, 1.54) is 22.7 Å². The molecule has 0 unspecified atom stereocenters. The van der Waals surface area contributed by atoms with E-state index in [1.807, 2.05) is 53.9 Å². The second kappa shape index (κ2) is 6.74. The van der Waals surface area contributed by atoms with Crippen LogP contribution in [-0.2, 0) is 0 Å². The number of nitrogens with zero attached hydrogens (tertiary/aromatic N) is 2. The van der Waals surface area contributed by atoms with Crippen LogP contribution in [0.2, 0.25) is 0 Å². The molecule has 3 heterocycles. The molecule has 28 heavy (non-hydrogen) atoms. The van der Waals surface area contributed by atoms with Gasteiger partial charge in [0, 0.05) is 10.8 Å². The van der Waals surface area contributed by atoms with Crippen molar-refractivity contribution in [3.63, 3.8) is 0 Å². The van der Waals surface area contributed by atoms with Crippen LogP contribution in [0.1, 0.15) is 9.80 Å². The van der Waals surface area contributed by atoms with Crippen molar-refractivity contribution in [2.75, 3.05) is 12.4 Å². The fraction of sp³-hybridized carbons (Fsp3) is 0.0500. The van der Waals surface area contributed by atoms with E-state index in [9.17, 15) is 4.79 Å². The Morgan fingerprint density at radius 3 is 2.89 bits per heavy atom. The first-order chi connectivity index (χ1) is 13.7. The van der Waals surface area contributed by atoms with Crippen LogP contribution >= 0.6 is 22.7 Å². The third kappa shape index (κ3) is 3.02. The lowest BCUT2D eigenvalue weighted by Crippen LogP contribution is -2.11. The van der Waals surface area contributed by atoms with E-state index in [1.54, 1.807) is 7.11 Å². The predicted molar refractivity (Wildman–Crippen MR) is 111 cm³/mol. The topological polar surface area (TPSA) is 77.2 Å². The highest BCUT2D eigenvalue weighted by atomic mass is 32.1. The fourth-order valence-corrected chi connectivity index (χ4v) is 4.39. The summed E-state index contributed by atoms with van der Waals surface area (Å²) in [5.41, 5.74) is 2.24. The van der Waals surface area contributed by atoms with Crippen molar-refractivity contribution in [2.45, 2.75) is 0 Å². The number of carbonyl (C=O) groups excluding carboxylic acids is 1. The van der Waals surface area contributed by atoms with Crippen molar-refractivity contribution < 1.29 is 13.9 Å². The van der Waals surface area contributed by atoms with Crippen molar-refractivity contribution in [1.82, 2.24) is 9.97 Å². The van der Waals surface area contributed by atoms with E-state index >= 15 is 0 Å². The number of benzene rings is 2. The van der Waals surface area contributed by atoms with Gasteiger partial charge in [-0.25, -0.2) is 9.97 Å². The molecule has 0 saturated carbocycles. The Morgan fingerprint density at radius 2 is 2.04 bits per heavy atom. The maximum Gasteiger partial charge on any atom is 0.286 e. The number of aromatic nitrogens is 2. The molecular formula is C20H13N3O3S2. The zero-order valence-corrected chi connectivity index (χ0v) is 16.3. The van der Waals surface area contributed by atoms with Crippen molar-refractivity contribution in [3.8, 4) is 17.2 Å². The average Bonchev–Trinajstić information content (AvgIpc) is 3.44. The smallest absolute Gasteiger partial charge is 0.286 e. The van der Waals surface area contributed by atoms with Crippen LogP contribution in [0.15, 0.2) is 58.3 Å². The van der Waals surface area contributed by atoms with Gasteiger partial charge in [0.2, 0.25) is 0 Å². The van der Waals surface area contributed by atoms with Crippen LogP contribution in [0.5, 0.6) is 5.75 Å². The molecule has 0 aliphatic heterocycles. The van der Waals surface area contributed by atoms with Gasteiger partial charge in [0.15, 0.2) is 15.9 Å². The van der Waals surface area contributed by atoms with E-state index < -0.39 is 0 Å². The van der Waals surface area contributed by atoms with Gasteiger partial charge in [0.25, 0.3) is 5.91 Å². The molecule has 0 saturated heterocycles. The van der Waals surface area contributed by atoms with Gasteiger partial charge in [-0.05, 0) is 36.4 Å². The number of fused-ring (bicyclic) bond motifs is 2. The van der Waals surface area contributed by atoms with E-state index in [-0.39, 0.29) is 5.91 Å². The van der Waals surface area contributed by atoms with Crippen LogP contribution in [0.4, 0.5) is 5.13 Å². The molecule has 0 bridgehead atoms. The Labute approximate surface area is 167 Å². The lowest BCUT2D eigenvalue weighted by Gasteiger charge is -1.96. The summed E-state index contributed by atoms with van der Waals surface area (Å²) >= 11 is 2.70. The molecule has 3 aromatic heterocycles. The van der Waals surface area contributed by atoms with Gasteiger partial charge in [-0.3, -0.25) is 10.1 Å². The Bertz CT molecular complexity index is 1290. The van der Waals surface area contributed by atoms with Gasteiger partial charge in [0.05, 0.1) is 17.3 Å². The molecule has 2 aromatic carbocycles. The lowest BCUT2D eigenvalue weighted by molar-refractivity contribution is 0.102. The summed E-state index contributed by atoms with van der Waals surface area (Å²) in [5, 5.41) is 6.51. The Kier molecular flexibility index (Phi) is 4.07. The van der Waals surface area contributed by atoms with E-state index in [4.69, 9.17) is 9.15 Å². The van der Waals surface area contributed by atoms with Crippen LogP contribution in [0.3, 0.4) is 0 Å². The number of furan rings is 1. The molecule has 0 aliphatic carbocycles. The highest BCUT2D eigenvalue weighted by Crippen LogP contribution is 2.32. The van der Waals surface area contributed by atoms with Crippen molar-refractivity contribution in [1.29, 1.82) is 0 Å². The Hall–Kier alpha value is -3.23. The summed E-state index contributed by atoms with van der Waals surface area (Å²) < 4.78 is 12.1. The van der Waals surface area contributed by atoms with Gasteiger partial charge in [-0.1, -0.05) is 12.1 Å². The minimum absolute atomic E-state index is 0.267. The number of carbonyl (C=O) groups is 1. The first-order valence-electron chi connectivity index (χ1n) is 8.40. The number of nitrogens with one attached hydrogen (secondary N) is 1. The van der Waals surface area contributed by atoms with Crippen molar-refractivity contribution >= 4 is 54.9 Å². The summed E-state index contributed by atoms with van der Waals surface area (Å²) in [6.07, 6.45) is 0. The third-order valence-electron chi connectivity index (χ3n) is 4.19. The number of hydrogen-bond acceptors (Lipinski definition) is 7. The number of ether oxygens (including phenoxy) is 1. The molecule has 0 aliphatic rings. The van der Waals surface area contributed by atoms with E-state index in [0.29, 0.717) is 21.6 Å². The highest BCUT2D eigenvalue weighted by molar-refractivity contribution is 7.20. The number of para-hydroxylation sites is 1. The van der Waals surface area contributed by atoms with Crippen molar-refractivity contribution in [2.24, 2.45) is 0 Å². The third-order valence-corrected chi connectivity index (χ3v) is 5.98. The quantitative estimate of drug-likeness (QED) is 0.430. The molecule has 6 nitrogen and oxygen atoms in total. The SMILES string of the molecule is COc1ccc2oc(-c3csc(NC(=O)c4nc5ccccc5s4)n3)cc2c1. The molecule has 138 valence electrons. The molecule has 0 atom stereocenters. The largest absolute Gasteiger partial charge is 0.497 e. The minimum atomic E-state index is -0.267. The molecule has 1 amide bonds. The van der Waals surface area contributed by atoms with Gasteiger partial charge >= 0.3 is 0 Å². The van der Waals surface area contributed by atoms with Crippen LogP contribution in [0.25, 0.3) is 32.6 Å². The van der Waals surface area contributed by atoms with Crippen LogP contribution in [0, 0.1) is 0 Å². The number of rotatable bonds is 4. The molecule has 0 fully saturated rings. The fourth-order valence-electron chi connectivity index (χ4n) is 2.84. The first kappa shape index (κ1) is 16.9. The normalized spacial score (nSPS) is 11.2. The van der Waals surface area contributed by atoms with Gasteiger partial charge in [0.1, 0.15) is 17.0 Å². The molecular weight excluding hydrogens is 394 g/mol. The van der Waals surface area contributed by atoms with Crippen LogP contribution < -0.4 is 10.1 Å². The maximum atomic E-state index is 12.5. The van der Waals surface area contributed by atoms with Gasteiger partial charge in [-0.2, -0.15) is 0 Å². The summed E-state index contributed by atoms with van der Waals surface area (Å²) in [6, 6.07) is 15.2. The Balaban J connectivity index is 1.39. The Morgan fingerprint density at radius 1 is 1.14 bits per heavy atom. The molecule has 5 aromatic rings. The molecule has 0 spiro atoms. The standard InChI is InChI=1S/C20H13N3O3S2/c1-25-12-6-7-15-11(8-12)9-16(26-15)14-10-27-20(22-14)23-18(24)19-21-13-4-2-3-5-17(13)28-19/h2-10H,1H3,(H,22,23,24). The first-order valence-corrected chi connectivity index (χ1v) is 10.1. The molecule has 1 N–H and O–H groups in total. The molecule has 0 radical (unpaired) electrons. The lowest BCUT2D eigenvalue weighted by atomic mass is 10.2. The molecule has 8 heteroatoms. The number of methoxy groups -OCH3 is 1. The van der Waals surface area contributed by atoms with Gasteiger partial charge < -0.3 is 9.15 Å². The number of hydrogen-bond donors (Lipinski definition) is 1. The number of amides is 1. The average molecular weight is 407 g/mol. The number of thiazole rings is 2. The summed E-state index contributed by atoms with van der Waals surface area (Å²) in [6.45, 7) is 0. The highest BCUT2D eigenvalue weighted by Gasteiger charge is 2.16.